The highest BCUT2D eigenvalue weighted by Gasteiger charge is 2.50. The maximum absolute atomic E-state index is 14.5. The van der Waals surface area contributed by atoms with E-state index in [1.807, 2.05) is 30.3 Å². The fourth-order valence-corrected chi connectivity index (χ4v) is 7.82. The Morgan fingerprint density at radius 3 is 2.24 bits per heavy atom. The van der Waals surface area contributed by atoms with E-state index < -0.39 is 88.8 Å². The quantitative estimate of drug-likeness (QED) is 0.0427. The van der Waals surface area contributed by atoms with Gasteiger partial charge in [-0.3, -0.25) is 19.8 Å². The molecule has 9 unspecified atom stereocenters. The molecule has 62 heavy (non-hydrogen) atoms. The lowest BCUT2D eigenvalue weighted by Gasteiger charge is -2.38. The summed E-state index contributed by atoms with van der Waals surface area (Å²) in [5.41, 5.74) is 3.66. The van der Waals surface area contributed by atoms with E-state index in [0.29, 0.717) is 11.4 Å². The van der Waals surface area contributed by atoms with Crippen molar-refractivity contribution in [3.63, 3.8) is 0 Å². The van der Waals surface area contributed by atoms with Crippen molar-refractivity contribution in [1.82, 2.24) is 0 Å². The van der Waals surface area contributed by atoms with Crippen molar-refractivity contribution in [2.45, 2.75) is 92.5 Å². The number of benzene rings is 3. The van der Waals surface area contributed by atoms with Crippen molar-refractivity contribution < 1.29 is 58.9 Å². The van der Waals surface area contributed by atoms with E-state index in [4.69, 9.17) is 18.9 Å². The van der Waals surface area contributed by atoms with Gasteiger partial charge in [0.25, 0.3) is 11.7 Å². The first-order valence-electron chi connectivity index (χ1n) is 20.3. The molecule has 7 N–H and O–H groups in total. The molecule has 3 heterocycles. The molecule has 0 saturated carbocycles. The van der Waals surface area contributed by atoms with Gasteiger partial charge >= 0.3 is 11.8 Å². The number of nitrogens with one attached hydrogen (secondary N) is 2. The number of Topliss-reactive ketones (excluding diaryl/α,β-unsaturated/α-hetero) is 1. The van der Waals surface area contributed by atoms with Crippen molar-refractivity contribution in [2.75, 3.05) is 17.9 Å². The molecule has 6 rings (SSSR count). The average molecular weight is 856 g/mol. The Morgan fingerprint density at radius 1 is 0.919 bits per heavy atom. The van der Waals surface area contributed by atoms with Crippen LogP contribution in [0.25, 0.3) is 16.8 Å². The lowest BCUT2D eigenvalue weighted by Crippen LogP contribution is -2.46. The molecular weight excluding hydrogens is 799 g/mol. The Labute approximate surface area is 361 Å². The van der Waals surface area contributed by atoms with Gasteiger partial charge in [0.2, 0.25) is 0 Å². The number of aliphatic hydroxyl groups excluding tert-OH is 2. The smallest absolute Gasteiger partial charge is 0.312 e. The minimum Gasteiger partial charge on any atom is -0.507 e. The molecule has 3 aliphatic heterocycles. The van der Waals surface area contributed by atoms with Crippen LogP contribution in [0.2, 0.25) is 0 Å². The number of aromatic hydroxyl groups is 3. The molecule has 0 aromatic heterocycles. The van der Waals surface area contributed by atoms with Gasteiger partial charge in [-0.1, -0.05) is 64.1 Å². The summed E-state index contributed by atoms with van der Waals surface area (Å²) in [5.74, 6) is -8.51. The topological polar surface area (TPSA) is 226 Å². The molecule has 0 radical (unpaired) electrons. The van der Waals surface area contributed by atoms with E-state index in [1.165, 1.54) is 65.4 Å². The summed E-state index contributed by atoms with van der Waals surface area (Å²) < 4.78 is 23.6. The number of carbonyl (C=O) groups excluding carboxylic acids is 3. The third-order valence-electron chi connectivity index (χ3n) is 11.7. The first-order chi connectivity index (χ1) is 29.2. The summed E-state index contributed by atoms with van der Waals surface area (Å²) in [4.78, 5) is 40.6. The number of aliphatic hydroxyl groups is 2. The molecule has 9 atom stereocenters. The number of anilines is 2. The van der Waals surface area contributed by atoms with E-state index in [2.05, 4.69) is 15.8 Å². The Kier molecular flexibility index (Phi) is 14.6. The van der Waals surface area contributed by atoms with E-state index >= 15 is 0 Å². The van der Waals surface area contributed by atoms with Crippen molar-refractivity contribution >= 4 is 51.6 Å². The number of carbonyl (C=O) groups is 3. The summed E-state index contributed by atoms with van der Waals surface area (Å²) in [5, 5.41) is 65.0. The highest BCUT2D eigenvalue weighted by molar-refractivity contribution is 6.23. The van der Waals surface area contributed by atoms with Crippen molar-refractivity contribution in [2.24, 2.45) is 28.8 Å². The Hall–Kier alpha value is -6.16. The second-order valence-electron chi connectivity index (χ2n) is 16.2. The molecule has 3 aromatic rings. The number of para-hydroxylation sites is 1. The number of hydrogen-bond donors (Lipinski definition) is 7. The van der Waals surface area contributed by atoms with Gasteiger partial charge in [0, 0.05) is 66.7 Å². The van der Waals surface area contributed by atoms with Crippen LogP contribution < -0.4 is 15.5 Å². The molecule has 15 heteroatoms. The predicted octanol–water partition coefficient (Wildman–Crippen LogP) is 7.26. The molecule has 0 fully saturated rings. The standard InChI is InChI=1S/C47H57N3O12/c1-23-15-14-16-24(2)46(58)48-37-32(20-19-25(3)49-50-31-17-12-11-13-18-31)41(55)34-35(42(37)56)40(54)29(7)44-36(34)45(57)47(9,62-44)60-22-21-33(59-10)26(4)43(61-30(8)51)28(6)39(53)27(5)38(23)52/h11-23,26-28,33,38-39,43,50,52-56H,1-10H3,(H,48,58)/b15-14+,20-19+,22-21+,24-16+,49-25-. The fourth-order valence-electron chi connectivity index (χ4n) is 7.82. The highest BCUT2D eigenvalue weighted by Crippen LogP contribution is 2.55. The lowest BCUT2D eigenvalue weighted by atomic mass is 9.78. The van der Waals surface area contributed by atoms with Crippen LogP contribution in [0.1, 0.15) is 76.9 Å². The van der Waals surface area contributed by atoms with E-state index in [0.717, 1.165) is 0 Å². The molecule has 3 aliphatic rings. The molecule has 5 bridgehead atoms. The normalized spacial score (nSPS) is 29.4. The van der Waals surface area contributed by atoms with Gasteiger partial charge in [-0.25, -0.2) is 0 Å². The number of rotatable bonds is 6. The fraction of sp³-hybridized carbons (Fsp3) is 0.404. The highest BCUT2D eigenvalue weighted by atomic mass is 16.7. The van der Waals surface area contributed by atoms with Gasteiger partial charge in [-0.2, -0.15) is 5.10 Å². The third-order valence-corrected chi connectivity index (χ3v) is 11.7. The summed E-state index contributed by atoms with van der Waals surface area (Å²) in [6, 6.07) is 9.16. The number of hydrogen-bond acceptors (Lipinski definition) is 14. The molecule has 0 saturated heterocycles. The number of hydrazone groups is 1. The molecule has 0 spiro atoms. The number of amides is 1. The molecule has 332 valence electrons. The second kappa shape index (κ2) is 19.3. The van der Waals surface area contributed by atoms with Gasteiger partial charge in [0.1, 0.15) is 23.4 Å². The molecule has 0 aliphatic carbocycles. The summed E-state index contributed by atoms with van der Waals surface area (Å²) in [7, 11) is 1.43. The summed E-state index contributed by atoms with van der Waals surface area (Å²) in [6.07, 6.45) is 6.40. The van der Waals surface area contributed by atoms with E-state index in [1.54, 1.807) is 46.8 Å². The third kappa shape index (κ3) is 9.49. The molecule has 1 amide bonds. The minimum atomic E-state index is -2.06. The van der Waals surface area contributed by atoms with Crippen molar-refractivity contribution in [1.29, 1.82) is 0 Å². The maximum atomic E-state index is 14.5. The largest absolute Gasteiger partial charge is 0.507 e. The van der Waals surface area contributed by atoms with Crippen LogP contribution in [0, 0.1) is 30.6 Å². The average Bonchev–Trinajstić information content (AvgIpc) is 3.51. The number of fused-ring (bicyclic) bond motifs is 14. The second-order valence-corrected chi connectivity index (χ2v) is 16.2. The first kappa shape index (κ1) is 46.9. The van der Waals surface area contributed by atoms with Crippen molar-refractivity contribution in [3.8, 4) is 23.0 Å². The predicted molar refractivity (Wildman–Crippen MR) is 236 cm³/mol. The Morgan fingerprint density at radius 2 is 1.60 bits per heavy atom. The Bertz CT molecular complexity index is 2350. The molecule has 3 aromatic carbocycles. The van der Waals surface area contributed by atoms with Gasteiger partial charge in [-0.15, -0.1) is 0 Å². The zero-order valence-corrected chi connectivity index (χ0v) is 36.6. The first-order valence-corrected chi connectivity index (χ1v) is 20.3. The van der Waals surface area contributed by atoms with Crippen LogP contribution in [0.3, 0.4) is 0 Å². The summed E-state index contributed by atoms with van der Waals surface area (Å²) in [6.45, 7) is 14.2. The van der Waals surface area contributed by atoms with E-state index in [-0.39, 0.29) is 44.5 Å². The van der Waals surface area contributed by atoms with Gasteiger partial charge in [-0.05, 0) is 51.1 Å². The maximum Gasteiger partial charge on any atom is 0.312 e. The number of ketones is 1. The zero-order chi connectivity index (χ0) is 45.8. The van der Waals surface area contributed by atoms with Crippen LogP contribution in [-0.2, 0) is 23.8 Å². The van der Waals surface area contributed by atoms with Crippen molar-refractivity contribution in [3.05, 3.63) is 89.2 Å². The lowest BCUT2D eigenvalue weighted by molar-refractivity contribution is -0.160. The number of phenolic OH excluding ortho intramolecular Hbond substituents is 3. The van der Waals surface area contributed by atoms with Crippen LogP contribution in [0.4, 0.5) is 11.4 Å². The number of ether oxygens (including phenoxy) is 4. The van der Waals surface area contributed by atoms with Gasteiger partial charge < -0.3 is 49.8 Å². The SMILES string of the molecule is COC1/C=C/OC2(C)Oc3c(C)c(O)c4c(O)c(c(/C=C/C(C)=N\Nc5ccccc5)c(O)c4c3C2=O)NC(=O)/C(C)=C/C=C/C(C)C(O)C(C)C(O)C(C)C(OC(C)=O)C1C. The van der Waals surface area contributed by atoms with Gasteiger partial charge in [0.15, 0.2) is 5.75 Å². The number of allylic oxidation sites excluding steroid dienone is 3. The summed E-state index contributed by atoms with van der Waals surface area (Å²) >= 11 is 0. The number of esters is 1. The molecule has 15 nitrogen and oxygen atoms in total. The minimum absolute atomic E-state index is 0.0415. The van der Waals surface area contributed by atoms with Crippen LogP contribution >= 0.6 is 0 Å². The van der Waals surface area contributed by atoms with Gasteiger partial charge in [0.05, 0.1) is 52.6 Å². The Balaban J connectivity index is 1.71. The van der Waals surface area contributed by atoms with Crippen LogP contribution in [-0.4, -0.2) is 86.2 Å². The number of phenols is 3. The zero-order valence-electron chi connectivity index (χ0n) is 36.6. The number of nitrogens with zero attached hydrogens (tertiary/aromatic N) is 1. The molecular formula is C47H57N3O12. The monoisotopic (exact) mass is 855 g/mol. The van der Waals surface area contributed by atoms with Crippen LogP contribution in [0.15, 0.2) is 77.6 Å². The number of methoxy groups -OCH3 is 1. The van der Waals surface area contributed by atoms with Crippen LogP contribution in [0.5, 0.6) is 23.0 Å². The van der Waals surface area contributed by atoms with E-state index in [9.17, 15) is 39.9 Å².